The number of carboxylic acids is 1. The number of aliphatic carboxylic acids is 1. The van der Waals surface area contributed by atoms with E-state index < -0.39 is 16.8 Å². The van der Waals surface area contributed by atoms with Crippen molar-refractivity contribution in [1.82, 2.24) is 9.78 Å². The molecule has 1 fully saturated rings. The average Bonchev–Trinajstić information content (AvgIpc) is 3.08. The quantitative estimate of drug-likeness (QED) is 0.887. The molecule has 0 saturated heterocycles. The number of aryl methyl sites for hydroxylation is 1. The maximum atomic E-state index is 12.4. The van der Waals surface area contributed by atoms with Gasteiger partial charge < -0.3 is 5.11 Å². The number of carboxylic acid groups (broad SMARTS) is 1. The lowest BCUT2D eigenvalue weighted by molar-refractivity contribution is -0.138. The fourth-order valence-electron chi connectivity index (χ4n) is 2.81. The Morgan fingerprint density at radius 3 is 2.81 bits per heavy atom. The monoisotopic (exact) mass is 306 g/mol. The van der Waals surface area contributed by atoms with Crippen molar-refractivity contribution in [2.24, 2.45) is 12.5 Å². The highest BCUT2D eigenvalue weighted by molar-refractivity contribution is 7.84. The first-order chi connectivity index (χ1) is 9.99. The minimum absolute atomic E-state index is 0.127. The number of aromatic nitrogens is 2. The predicted octanol–water partition coefficient (Wildman–Crippen LogP) is 2.08. The van der Waals surface area contributed by atoms with E-state index in [0.29, 0.717) is 11.5 Å². The first-order valence-electron chi connectivity index (χ1n) is 6.96. The Labute approximate surface area is 125 Å². The summed E-state index contributed by atoms with van der Waals surface area (Å²) in [5, 5.41) is 14.4. The van der Waals surface area contributed by atoms with Gasteiger partial charge in [-0.15, -0.1) is 0 Å². The molecule has 1 unspecified atom stereocenters. The molecule has 1 aromatic carbocycles. The second kappa shape index (κ2) is 5.26. The summed E-state index contributed by atoms with van der Waals surface area (Å²) in [5.74, 6) is 0.0557. The number of fused-ring (bicyclic) bond motifs is 1. The van der Waals surface area contributed by atoms with E-state index in [2.05, 4.69) is 5.10 Å². The third kappa shape index (κ3) is 3.00. The van der Waals surface area contributed by atoms with Crippen molar-refractivity contribution in [1.29, 1.82) is 0 Å². The molecule has 5 nitrogen and oxygen atoms in total. The maximum absolute atomic E-state index is 12.4. The number of nitrogens with zero attached hydrogens (tertiary/aromatic N) is 2. The molecular formula is C15H18N2O3S. The fraction of sp³-hybridized carbons (Fsp3) is 0.467. The third-order valence-corrected chi connectivity index (χ3v) is 5.61. The summed E-state index contributed by atoms with van der Waals surface area (Å²) < 4.78 is 14.2. The van der Waals surface area contributed by atoms with Gasteiger partial charge in [0.25, 0.3) is 0 Å². The Morgan fingerprint density at radius 1 is 1.43 bits per heavy atom. The van der Waals surface area contributed by atoms with Crippen LogP contribution in [0.15, 0.2) is 24.3 Å². The van der Waals surface area contributed by atoms with Gasteiger partial charge in [-0.3, -0.25) is 13.7 Å². The summed E-state index contributed by atoms with van der Waals surface area (Å²) in [6.07, 6.45) is 1.86. The van der Waals surface area contributed by atoms with Crippen LogP contribution >= 0.6 is 0 Å². The van der Waals surface area contributed by atoms with Crippen LogP contribution < -0.4 is 0 Å². The first kappa shape index (κ1) is 14.3. The molecule has 0 spiro atoms. The lowest BCUT2D eigenvalue weighted by Crippen LogP contribution is -2.17. The minimum atomic E-state index is -1.08. The summed E-state index contributed by atoms with van der Waals surface area (Å²) >= 11 is 0. The number of carbonyl (C=O) groups is 1. The topological polar surface area (TPSA) is 72.2 Å². The first-order valence-corrected chi connectivity index (χ1v) is 8.45. The van der Waals surface area contributed by atoms with E-state index in [4.69, 9.17) is 5.11 Å². The van der Waals surface area contributed by atoms with Gasteiger partial charge in [0, 0.05) is 29.0 Å². The van der Waals surface area contributed by atoms with Crippen molar-refractivity contribution in [2.75, 3.05) is 5.75 Å². The minimum Gasteiger partial charge on any atom is -0.481 e. The van der Waals surface area contributed by atoms with Crippen molar-refractivity contribution >= 4 is 27.7 Å². The number of benzene rings is 1. The van der Waals surface area contributed by atoms with Crippen LogP contribution in [0.25, 0.3) is 10.9 Å². The largest absolute Gasteiger partial charge is 0.481 e. The lowest BCUT2D eigenvalue weighted by Gasteiger charge is -2.11. The van der Waals surface area contributed by atoms with Crippen LogP contribution in [0.1, 0.15) is 25.0 Å². The van der Waals surface area contributed by atoms with Crippen LogP contribution in [0.2, 0.25) is 0 Å². The van der Waals surface area contributed by atoms with Gasteiger partial charge in [-0.05, 0) is 24.3 Å². The van der Waals surface area contributed by atoms with E-state index in [1.807, 2.05) is 31.3 Å². The highest BCUT2D eigenvalue weighted by atomic mass is 32.2. The summed E-state index contributed by atoms with van der Waals surface area (Å²) in [5.41, 5.74) is 1.62. The molecule has 6 heteroatoms. The van der Waals surface area contributed by atoms with Gasteiger partial charge in [-0.25, -0.2) is 0 Å². The summed E-state index contributed by atoms with van der Waals surface area (Å²) in [6, 6.07) is 7.88. The molecule has 21 heavy (non-hydrogen) atoms. The Balaban J connectivity index is 1.74. The van der Waals surface area contributed by atoms with E-state index in [-0.39, 0.29) is 11.8 Å². The zero-order valence-corrected chi connectivity index (χ0v) is 12.7. The molecule has 0 radical (unpaired) electrons. The fourth-order valence-corrected chi connectivity index (χ4v) is 4.50. The highest BCUT2D eigenvalue weighted by Crippen LogP contribution is 2.49. The zero-order chi connectivity index (χ0) is 15.0. The van der Waals surface area contributed by atoms with E-state index in [1.165, 1.54) is 0 Å². The Bertz CT molecular complexity index is 719. The van der Waals surface area contributed by atoms with Crippen molar-refractivity contribution in [3.05, 3.63) is 30.0 Å². The smallest absolute Gasteiger partial charge is 0.303 e. The van der Waals surface area contributed by atoms with Crippen molar-refractivity contribution in [3.63, 3.8) is 0 Å². The molecule has 1 saturated carbocycles. The summed E-state index contributed by atoms with van der Waals surface area (Å²) in [7, 11) is 0.800. The van der Waals surface area contributed by atoms with Crippen LogP contribution in [0, 0.1) is 5.41 Å². The van der Waals surface area contributed by atoms with Crippen molar-refractivity contribution in [3.8, 4) is 0 Å². The average molecular weight is 306 g/mol. The van der Waals surface area contributed by atoms with E-state index in [0.717, 1.165) is 29.4 Å². The zero-order valence-electron chi connectivity index (χ0n) is 11.9. The molecule has 0 aliphatic heterocycles. The molecular weight excluding hydrogens is 288 g/mol. The van der Waals surface area contributed by atoms with Crippen molar-refractivity contribution < 1.29 is 14.1 Å². The maximum Gasteiger partial charge on any atom is 0.303 e. The molecule has 2 aromatic rings. The van der Waals surface area contributed by atoms with Gasteiger partial charge in [-0.1, -0.05) is 18.2 Å². The summed E-state index contributed by atoms with van der Waals surface area (Å²) in [6.45, 7) is 0. The second-order valence-corrected chi connectivity index (χ2v) is 7.34. The molecule has 0 amide bonds. The van der Waals surface area contributed by atoms with E-state index in [1.54, 1.807) is 4.68 Å². The molecule has 1 aromatic heterocycles. The van der Waals surface area contributed by atoms with Gasteiger partial charge >= 0.3 is 5.97 Å². The normalized spacial score (nSPS) is 17.8. The standard InChI is InChI=1S/C15H18N2O3S/c1-17-13-5-3-2-4-11(13)12(16-17)9-21(20)10-15(6-7-15)8-14(18)19/h2-5H,6-10H2,1H3,(H,18,19). The highest BCUT2D eigenvalue weighted by Gasteiger charge is 2.45. The van der Waals surface area contributed by atoms with E-state index in [9.17, 15) is 9.00 Å². The molecule has 1 atom stereocenters. The van der Waals surface area contributed by atoms with Gasteiger partial charge in [0.1, 0.15) is 0 Å². The molecule has 1 heterocycles. The van der Waals surface area contributed by atoms with Gasteiger partial charge in [0.15, 0.2) is 0 Å². The van der Waals surface area contributed by atoms with Crippen LogP contribution in [0.3, 0.4) is 0 Å². The second-order valence-electron chi connectivity index (χ2n) is 5.89. The predicted molar refractivity (Wildman–Crippen MR) is 81.3 cm³/mol. The molecule has 3 rings (SSSR count). The van der Waals surface area contributed by atoms with Crippen LogP contribution in [-0.4, -0.2) is 30.8 Å². The van der Waals surface area contributed by atoms with Crippen LogP contribution in [0.5, 0.6) is 0 Å². The Kier molecular flexibility index (Phi) is 3.57. The molecule has 0 bridgehead atoms. The Morgan fingerprint density at radius 2 is 2.14 bits per heavy atom. The molecule has 112 valence electrons. The van der Waals surface area contributed by atoms with Gasteiger partial charge in [0.2, 0.25) is 0 Å². The van der Waals surface area contributed by atoms with Crippen LogP contribution in [-0.2, 0) is 28.4 Å². The number of para-hydroxylation sites is 1. The van der Waals surface area contributed by atoms with E-state index >= 15 is 0 Å². The molecule has 1 N–H and O–H groups in total. The molecule has 1 aliphatic rings. The SMILES string of the molecule is Cn1nc(CS(=O)CC2(CC(=O)O)CC2)c2ccccc21. The summed E-state index contributed by atoms with van der Waals surface area (Å²) in [4.78, 5) is 10.9. The number of rotatable bonds is 6. The number of hydrogen-bond donors (Lipinski definition) is 1. The number of hydrogen-bond acceptors (Lipinski definition) is 3. The third-order valence-electron chi connectivity index (χ3n) is 4.08. The Hall–Kier alpha value is -1.69. The molecule has 1 aliphatic carbocycles. The van der Waals surface area contributed by atoms with Gasteiger partial charge in [-0.2, -0.15) is 5.10 Å². The lowest BCUT2D eigenvalue weighted by atomic mass is 10.1. The van der Waals surface area contributed by atoms with Crippen molar-refractivity contribution in [2.45, 2.75) is 25.0 Å². The van der Waals surface area contributed by atoms with Gasteiger partial charge in [0.05, 0.1) is 23.4 Å². The van der Waals surface area contributed by atoms with Crippen LogP contribution in [0.4, 0.5) is 0 Å².